The summed E-state index contributed by atoms with van der Waals surface area (Å²) in [7, 11) is 3.40. The predicted octanol–water partition coefficient (Wildman–Crippen LogP) is 5.64. The predicted molar refractivity (Wildman–Crippen MR) is 323 cm³/mol. The molecule has 27 atom stereocenters. The van der Waals surface area contributed by atoms with E-state index in [1.165, 1.54) is 33.1 Å². The summed E-state index contributed by atoms with van der Waals surface area (Å²) in [5, 5.41) is 89.3. The lowest BCUT2D eigenvalue weighted by atomic mass is 9.44. The van der Waals surface area contributed by atoms with Gasteiger partial charge in [0.05, 0.1) is 47.6 Å². The fourth-order valence-corrected chi connectivity index (χ4v) is 17.5. The SMILES string of the molecule is CC[C@H]1OC(=O)[C@H](C)[C@@H](O[C@H]2C[C@@](C)(OC)[C@@H](O)[C@H](C)O2)[C@H](C)[C@@H](O[C@@H]2O[C@H](C)C[C@H](N(C)Cc3ccccc3)[C@H]2O)[C@](C)(O)C[C@@H](C)CN(CCCNC(=O)[C@@]2(O)[C@H](C)CC3C4C[C@H](F)C5=CC(=O)C=C[C@]5(C)[C@@]4(F)[C@@H](O)C[C@@]32C)[C@H](C)[C@@H](O)[C@]1(C)O. The van der Waals surface area contributed by atoms with Crippen molar-refractivity contribution >= 4 is 17.7 Å². The van der Waals surface area contributed by atoms with Gasteiger partial charge in [-0.25, -0.2) is 8.78 Å². The molecule has 6 fully saturated rings. The van der Waals surface area contributed by atoms with Crippen LogP contribution >= 0.6 is 0 Å². The van der Waals surface area contributed by atoms with Crippen LogP contribution in [0.2, 0.25) is 0 Å². The zero-order valence-corrected chi connectivity index (χ0v) is 54.6. The van der Waals surface area contributed by atoms with Crippen molar-refractivity contribution in [1.82, 2.24) is 15.1 Å². The minimum Gasteiger partial charge on any atom is -0.459 e. The second-order valence-electron chi connectivity index (χ2n) is 29.0. The number of carbonyl (C=O) groups is 3. The van der Waals surface area contributed by atoms with Crippen molar-refractivity contribution in [1.29, 1.82) is 0 Å². The third-order valence-electron chi connectivity index (χ3n) is 22.7. The van der Waals surface area contributed by atoms with E-state index in [0.29, 0.717) is 13.0 Å². The largest absolute Gasteiger partial charge is 0.459 e. The lowest BCUT2D eigenvalue weighted by Crippen LogP contribution is -2.71. The van der Waals surface area contributed by atoms with Gasteiger partial charge in [0.2, 0.25) is 0 Å². The van der Waals surface area contributed by atoms with Crippen LogP contribution in [0.1, 0.15) is 147 Å². The van der Waals surface area contributed by atoms with Crippen LogP contribution in [-0.4, -0.2) is 211 Å². The molecule has 0 radical (unpaired) electrons. The van der Waals surface area contributed by atoms with Gasteiger partial charge in [0.1, 0.15) is 36.2 Å². The number of aliphatic hydroxyl groups is 7. The molecule has 1 amide bonds. The number of nitrogens with zero attached hydrogens (tertiary/aromatic N) is 2. The number of alkyl halides is 2. The Balaban J connectivity index is 1.07. The fourth-order valence-electron chi connectivity index (χ4n) is 17.5. The first kappa shape index (κ1) is 70.5. The zero-order valence-electron chi connectivity index (χ0n) is 54.6. The second-order valence-corrected chi connectivity index (χ2v) is 29.0. The summed E-state index contributed by atoms with van der Waals surface area (Å²) in [6.07, 6.45) is -10.3. The van der Waals surface area contributed by atoms with Crippen LogP contribution in [0, 0.1) is 46.3 Å². The molecule has 19 nitrogen and oxygen atoms in total. The number of halogens is 2. The van der Waals surface area contributed by atoms with E-state index >= 15 is 8.78 Å². The molecular weight excluding hydrogens is 1140 g/mol. The minimum atomic E-state index is -2.39. The van der Waals surface area contributed by atoms with Gasteiger partial charge in [0, 0.05) is 74.5 Å². The molecule has 0 bridgehead atoms. The van der Waals surface area contributed by atoms with Gasteiger partial charge < -0.3 is 69.5 Å². The van der Waals surface area contributed by atoms with Crippen molar-refractivity contribution in [3.63, 3.8) is 0 Å². The van der Waals surface area contributed by atoms with Crippen molar-refractivity contribution in [3.05, 3.63) is 59.7 Å². The molecule has 88 heavy (non-hydrogen) atoms. The molecular formula is C67H105F2N3O16. The number of ether oxygens (including phenoxy) is 6. The number of ketones is 1. The first-order valence-electron chi connectivity index (χ1n) is 32.3. The topological polar surface area (TPSA) is 267 Å². The number of aliphatic hydroxyl groups excluding tert-OH is 4. The van der Waals surface area contributed by atoms with E-state index in [-0.39, 0.29) is 70.2 Å². The number of hydrogen-bond donors (Lipinski definition) is 8. The number of esters is 1. The van der Waals surface area contributed by atoms with E-state index in [4.69, 9.17) is 28.4 Å². The van der Waals surface area contributed by atoms with Crippen LogP contribution in [0.25, 0.3) is 0 Å². The molecule has 3 saturated heterocycles. The Morgan fingerprint density at radius 1 is 0.875 bits per heavy atom. The van der Waals surface area contributed by atoms with E-state index in [9.17, 15) is 50.1 Å². The van der Waals surface area contributed by atoms with Crippen LogP contribution in [0.15, 0.2) is 54.1 Å². The van der Waals surface area contributed by atoms with Gasteiger partial charge in [0.25, 0.3) is 5.91 Å². The molecule has 1 aromatic carbocycles. The van der Waals surface area contributed by atoms with Crippen LogP contribution in [-0.2, 0) is 49.3 Å². The van der Waals surface area contributed by atoms with Gasteiger partial charge in [-0.2, -0.15) is 0 Å². The maximum atomic E-state index is 18.0. The quantitative estimate of drug-likeness (QED) is 0.0827. The summed E-state index contributed by atoms with van der Waals surface area (Å²) in [4.78, 5) is 46.0. The van der Waals surface area contributed by atoms with Crippen LogP contribution in [0.3, 0.4) is 0 Å². The van der Waals surface area contributed by atoms with Gasteiger partial charge in [-0.05, 0) is 148 Å². The first-order valence-corrected chi connectivity index (χ1v) is 32.3. The summed E-state index contributed by atoms with van der Waals surface area (Å²) >= 11 is 0. The molecule has 2 unspecified atom stereocenters. The molecule has 21 heteroatoms. The molecule has 498 valence electrons. The molecule has 0 spiro atoms. The summed E-state index contributed by atoms with van der Waals surface area (Å²) in [6.45, 7) is 22.9. The van der Waals surface area contributed by atoms with E-state index in [1.807, 2.05) is 56.1 Å². The van der Waals surface area contributed by atoms with Crippen LogP contribution in [0.4, 0.5) is 8.78 Å². The average Bonchev–Trinajstić information content (AvgIpc) is 1.32. The maximum Gasteiger partial charge on any atom is 0.311 e. The number of amides is 1. The monoisotopic (exact) mass is 1250 g/mol. The standard InChI is InChI=1S/C67H105F2N3O16/c1-16-51-65(13,81)55(76)41(7)72(26-20-25-70-60(79)67(82)37(3)27-45-46-30-48(68)47-29-44(73)23-24-61(47,9)66(46,69)50(74)32-62(45,67)10)34-36(2)31-63(11,80)57(88-59-53(75)49(28-38(4)84-59)71(14)35-43-21-18-17-19-22-43)39(5)54(40(6)58(78)86-51)87-52-33-64(12,83-15)56(77)42(8)85-52/h17-19,21-24,29,36-42,45-46,48-57,59,74-77,80-82H,16,20,25-28,30-35H2,1-15H3,(H,70,79)/t36-,37-,38-,39+,40-,41-,42+,45?,46?,48+,49+,50+,51-,52+,53-,54+,55-,56+,57-,59+,61+,62+,63-,64-,65-,66+,67+/m1/s1. The number of rotatable bonds is 14. The van der Waals surface area contributed by atoms with Crippen molar-refractivity contribution in [2.24, 2.45) is 46.3 Å². The molecule has 8 rings (SSSR count). The summed E-state index contributed by atoms with van der Waals surface area (Å²) < 4.78 is 72.9. The van der Waals surface area contributed by atoms with Crippen molar-refractivity contribution in [3.8, 4) is 0 Å². The second kappa shape index (κ2) is 26.5. The van der Waals surface area contributed by atoms with E-state index < -0.39 is 178 Å². The Hall–Kier alpha value is -3.39. The molecule has 3 heterocycles. The number of allylic oxidation sites excluding steroid dienone is 4. The van der Waals surface area contributed by atoms with Gasteiger partial charge in [-0.3, -0.25) is 24.2 Å². The number of methoxy groups -OCH3 is 1. The van der Waals surface area contributed by atoms with Crippen molar-refractivity contribution < 1.29 is 87.3 Å². The van der Waals surface area contributed by atoms with E-state index in [1.54, 1.807) is 62.3 Å². The molecule has 1 aromatic rings. The van der Waals surface area contributed by atoms with Crippen molar-refractivity contribution in [2.75, 3.05) is 33.8 Å². The van der Waals surface area contributed by atoms with Crippen LogP contribution in [0.5, 0.6) is 0 Å². The zero-order chi connectivity index (χ0) is 65.2. The smallest absolute Gasteiger partial charge is 0.311 e. The normalized spacial score (nSPS) is 48.1. The van der Waals surface area contributed by atoms with E-state index in [0.717, 1.165) is 11.6 Å². The highest BCUT2D eigenvalue weighted by atomic mass is 19.1. The molecule has 8 N–H and O–H groups in total. The Kier molecular flexibility index (Phi) is 21.3. The Bertz CT molecular complexity index is 2670. The highest BCUT2D eigenvalue weighted by Gasteiger charge is 2.77. The van der Waals surface area contributed by atoms with Gasteiger partial charge >= 0.3 is 5.97 Å². The van der Waals surface area contributed by atoms with Crippen molar-refractivity contribution in [2.45, 2.75) is 262 Å². The Morgan fingerprint density at radius 3 is 2.19 bits per heavy atom. The third kappa shape index (κ3) is 12.8. The first-order chi connectivity index (χ1) is 41.0. The summed E-state index contributed by atoms with van der Waals surface area (Å²) in [6, 6.07) is 8.56. The van der Waals surface area contributed by atoms with Gasteiger partial charge in [0.15, 0.2) is 29.6 Å². The lowest BCUT2D eigenvalue weighted by Gasteiger charge is -2.63. The van der Waals surface area contributed by atoms with Crippen LogP contribution < -0.4 is 5.32 Å². The molecule has 4 aliphatic carbocycles. The number of carbonyl (C=O) groups excluding carboxylic acids is 3. The number of hydrogen-bond acceptors (Lipinski definition) is 18. The molecule has 3 saturated carbocycles. The third-order valence-corrected chi connectivity index (χ3v) is 22.7. The number of cyclic esters (lactones) is 1. The Morgan fingerprint density at radius 2 is 1.55 bits per heavy atom. The average molecular weight is 1250 g/mol. The van der Waals surface area contributed by atoms with E-state index in [2.05, 4.69) is 10.2 Å². The number of fused-ring (bicyclic) bond motifs is 5. The maximum absolute atomic E-state index is 18.0. The molecule has 7 aliphatic rings. The summed E-state index contributed by atoms with van der Waals surface area (Å²) in [5.74, 6) is -7.01. The fraction of sp³-hybridized carbons (Fsp3) is 0.806. The molecule has 0 aromatic heterocycles. The van der Waals surface area contributed by atoms with Gasteiger partial charge in [-0.15, -0.1) is 0 Å². The number of benzene rings is 1. The van der Waals surface area contributed by atoms with Gasteiger partial charge in [-0.1, -0.05) is 71.0 Å². The summed E-state index contributed by atoms with van der Waals surface area (Å²) in [5.41, 5.74) is -11.5. The highest BCUT2D eigenvalue weighted by molar-refractivity contribution is 6.01. The number of likely N-dealkylation sites (N-methyl/N-ethyl adjacent to an activating group) is 1. The lowest BCUT2D eigenvalue weighted by molar-refractivity contribution is -0.318. The minimum absolute atomic E-state index is 0.00456. The number of nitrogens with one attached hydrogen (secondary N) is 1. The highest BCUT2D eigenvalue weighted by Crippen LogP contribution is 2.71. The Labute approximate surface area is 519 Å². The molecule has 3 aliphatic heterocycles.